The predicted octanol–water partition coefficient (Wildman–Crippen LogP) is 6.86. The number of carbonyl (C=O) groups excluding carboxylic acids is 2. The van der Waals surface area contributed by atoms with E-state index < -0.39 is 11.9 Å². The summed E-state index contributed by atoms with van der Waals surface area (Å²) in [7, 11) is 1.43. The Morgan fingerprint density at radius 1 is 0.897 bits per heavy atom. The molecule has 0 aliphatic carbocycles. The van der Waals surface area contributed by atoms with Crippen molar-refractivity contribution in [1.29, 1.82) is 0 Å². The molecule has 1 heterocycles. The summed E-state index contributed by atoms with van der Waals surface area (Å²) in [4.78, 5) is 25.9. The fraction of sp³-hybridized carbons (Fsp3) is 0.233. The SMILES string of the molecule is CCOC(=O)Cc1ccc(-c2ccc(-c3onc(C)c3N(C(=O)OCC)c3ccc(OC)cc3F)cc2)cc1. The zero-order chi connectivity index (χ0) is 27.9. The van der Waals surface area contributed by atoms with Crippen LogP contribution in [0.4, 0.5) is 20.6 Å². The van der Waals surface area contributed by atoms with Gasteiger partial charge in [0.1, 0.15) is 17.1 Å². The van der Waals surface area contributed by atoms with Crippen LogP contribution in [-0.4, -0.2) is 37.5 Å². The van der Waals surface area contributed by atoms with Crippen LogP contribution in [0.1, 0.15) is 25.1 Å². The molecule has 0 fully saturated rings. The van der Waals surface area contributed by atoms with Gasteiger partial charge in [0, 0.05) is 11.6 Å². The number of aryl methyl sites for hydroxylation is 1. The summed E-state index contributed by atoms with van der Waals surface area (Å²) in [6, 6.07) is 19.3. The minimum absolute atomic E-state index is 0.0265. The van der Waals surface area contributed by atoms with Crippen LogP contribution in [0.15, 0.2) is 71.3 Å². The maximum Gasteiger partial charge on any atom is 0.419 e. The van der Waals surface area contributed by atoms with Gasteiger partial charge in [-0.1, -0.05) is 53.7 Å². The normalized spacial score (nSPS) is 10.7. The number of carbonyl (C=O) groups is 2. The third-order valence-corrected chi connectivity index (χ3v) is 5.99. The van der Waals surface area contributed by atoms with Gasteiger partial charge in [-0.15, -0.1) is 0 Å². The van der Waals surface area contributed by atoms with E-state index in [0.717, 1.165) is 21.6 Å². The summed E-state index contributed by atoms with van der Waals surface area (Å²) < 4.78 is 36.1. The number of ether oxygens (including phenoxy) is 3. The maximum absolute atomic E-state index is 15.1. The quantitative estimate of drug-likeness (QED) is 0.217. The minimum Gasteiger partial charge on any atom is -0.497 e. The van der Waals surface area contributed by atoms with Gasteiger partial charge in [0.05, 0.1) is 32.4 Å². The lowest BCUT2D eigenvalue weighted by Crippen LogP contribution is -2.28. The van der Waals surface area contributed by atoms with Gasteiger partial charge in [-0.2, -0.15) is 0 Å². The minimum atomic E-state index is -0.770. The Kier molecular flexibility index (Phi) is 8.60. The molecule has 4 aromatic rings. The molecule has 8 nitrogen and oxygen atoms in total. The van der Waals surface area contributed by atoms with Crippen molar-refractivity contribution in [2.75, 3.05) is 25.2 Å². The van der Waals surface area contributed by atoms with Crippen molar-refractivity contribution in [1.82, 2.24) is 5.16 Å². The molecule has 0 saturated heterocycles. The molecule has 39 heavy (non-hydrogen) atoms. The fourth-order valence-corrected chi connectivity index (χ4v) is 4.12. The van der Waals surface area contributed by atoms with Gasteiger partial charge in [0.15, 0.2) is 11.6 Å². The molecule has 0 unspecified atom stereocenters. The highest BCUT2D eigenvalue weighted by atomic mass is 19.1. The first-order chi connectivity index (χ1) is 18.9. The molecule has 0 aliphatic rings. The van der Waals surface area contributed by atoms with Crippen molar-refractivity contribution in [2.24, 2.45) is 0 Å². The highest BCUT2D eigenvalue weighted by Crippen LogP contribution is 2.40. The van der Waals surface area contributed by atoms with E-state index in [1.807, 2.05) is 48.5 Å². The van der Waals surface area contributed by atoms with Crippen molar-refractivity contribution in [3.8, 4) is 28.2 Å². The number of anilines is 2. The molecule has 0 radical (unpaired) electrons. The van der Waals surface area contributed by atoms with Crippen LogP contribution in [0.25, 0.3) is 22.5 Å². The number of aromatic nitrogens is 1. The molecule has 4 rings (SSSR count). The van der Waals surface area contributed by atoms with Crippen molar-refractivity contribution >= 4 is 23.4 Å². The van der Waals surface area contributed by atoms with E-state index in [1.165, 1.54) is 19.2 Å². The second-order valence-electron chi connectivity index (χ2n) is 8.55. The number of hydrogen-bond donors (Lipinski definition) is 0. The summed E-state index contributed by atoms with van der Waals surface area (Å²) in [5, 5.41) is 4.06. The standard InChI is InChI=1S/C30H29FN2O6/c1-5-37-27(34)17-20-7-9-21(10-8-20)22-11-13-23(14-12-22)29-28(19(3)32-39-29)33(30(35)38-6-2)26-16-15-24(36-4)18-25(26)31/h7-16,18H,5-6,17H2,1-4H3. The molecule has 0 bridgehead atoms. The molecular formula is C30H29FN2O6. The summed E-state index contributed by atoms with van der Waals surface area (Å²) in [5.74, 6) is -0.339. The van der Waals surface area contributed by atoms with E-state index in [1.54, 1.807) is 26.8 Å². The second-order valence-corrected chi connectivity index (χ2v) is 8.55. The van der Waals surface area contributed by atoms with Crippen molar-refractivity contribution in [2.45, 2.75) is 27.2 Å². The van der Waals surface area contributed by atoms with Crippen LogP contribution in [0, 0.1) is 12.7 Å². The Morgan fingerprint density at radius 3 is 2.10 bits per heavy atom. The van der Waals surface area contributed by atoms with Crippen LogP contribution >= 0.6 is 0 Å². The maximum atomic E-state index is 15.1. The first-order valence-electron chi connectivity index (χ1n) is 12.5. The lowest BCUT2D eigenvalue weighted by Gasteiger charge is -2.22. The van der Waals surface area contributed by atoms with Crippen LogP contribution in [0.2, 0.25) is 0 Å². The van der Waals surface area contributed by atoms with Gasteiger partial charge in [-0.3, -0.25) is 4.79 Å². The Morgan fingerprint density at radius 2 is 1.51 bits per heavy atom. The number of amides is 1. The predicted molar refractivity (Wildman–Crippen MR) is 145 cm³/mol. The van der Waals surface area contributed by atoms with Gasteiger partial charge >= 0.3 is 12.1 Å². The molecule has 0 spiro atoms. The van der Waals surface area contributed by atoms with Gasteiger partial charge < -0.3 is 18.7 Å². The van der Waals surface area contributed by atoms with E-state index in [2.05, 4.69) is 5.16 Å². The number of rotatable bonds is 9. The van der Waals surface area contributed by atoms with Crippen LogP contribution in [0.5, 0.6) is 5.75 Å². The molecule has 0 aliphatic heterocycles. The van der Waals surface area contributed by atoms with Gasteiger partial charge in [0.2, 0.25) is 0 Å². The zero-order valence-corrected chi connectivity index (χ0v) is 22.2. The molecule has 1 aromatic heterocycles. The second kappa shape index (κ2) is 12.3. The number of esters is 1. The van der Waals surface area contributed by atoms with E-state index in [9.17, 15) is 9.59 Å². The highest BCUT2D eigenvalue weighted by molar-refractivity contribution is 6.00. The monoisotopic (exact) mass is 532 g/mol. The summed E-state index contributed by atoms with van der Waals surface area (Å²) in [6.07, 6.45) is -0.555. The van der Waals surface area contributed by atoms with Crippen LogP contribution in [0.3, 0.4) is 0 Å². The number of nitrogens with zero attached hydrogens (tertiary/aromatic N) is 2. The third kappa shape index (κ3) is 6.09. The molecule has 9 heteroatoms. The molecule has 3 aromatic carbocycles. The Bertz CT molecular complexity index is 1450. The molecular weight excluding hydrogens is 503 g/mol. The molecule has 0 saturated carbocycles. The average Bonchev–Trinajstić information content (AvgIpc) is 3.31. The van der Waals surface area contributed by atoms with Crippen molar-refractivity contribution in [3.05, 3.63) is 83.8 Å². The summed E-state index contributed by atoms with van der Waals surface area (Å²) in [5.41, 5.74) is 4.01. The highest BCUT2D eigenvalue weighted by Gasteiger charge is 2.30. The lowest BCUT2D eigenvalue weighted by atomic mass is 10.0. The first-order valence-corrected chi connectivity index (χ1v) is 12.5. The molecule has 0 N–H and O–H groups in total. The number of hydrogen-bond acceptors (Lipinski definition) is 7. The largest absolute Gasteiger partial charge is 0.497 e. The van der Waals surface area contributed by atoms with E-state index >= 15 is 4.39 Å². The Hall–Kier alpha value is -4.66. The van der Waals surface area contributed by atoms with Gasteiger partial charge in [-0.05, 0) is 49.6 Å². The third-order valence-electron chi connectivity index (χ3n) is 5.99. The van der Waals surface area contributed by atoms with Crippen molar-refractivity contribution in [3.63, 3.8) is 0 Å². The van der Waals surface area contributed by atoms with E-state index in [0.29, 0.717) is 23.6 Å². The van der Waals surface area contributed by atoms with Gasteiger partial charge in [-0.25, -0.2) is 14.1 Å². The molecule has 202 valence electrons. The smallest absolute Gasteiger partial charge is 0.419 e. The van der Waals surface area contributed by atoms with Crippen LogP contribution < -0.4 is 9.64 Å². The Labute approximate surface area is 225 Å². The number of benzene rings is 3. The van der Waals surface area contributed by atoms with Crippen LogP contribution in [-0.2, 0) is 20.7 Å². The Balaban J connectivity index is 1.67. The number of methoxy groups -OCH3 is 1. The zero-order valence-electron chi connectivity index (χ0n) is 22.2. The average molecular weight is 533 g/mol. The number of halogens is 1. The molecule has 1 amide bonds. The van der Waals surface area contributed by atoms with Gasteiger partial charge in [0.25, 0.3) is 0 Å². The summed E-state index contributed by atoms with van der Waals surface area (Å²) in [6.45, 7) is 5.56. The van der Waals surface area contributed by atoms with E-state index in [4.69, 9.17) is 18.7 Å². The summed E-state index contributed by atoms with van der Waals surface area (Å²) >= 11 is 0. The van der Waals surface area contributed by atoms with E-state index in [-0.39, 0.29) is 36.1 Å². The van der Waals surface area contributed by atoms with Crippen molar-refractivity contribution < 1.29 is 32.7 Å². The topological polar surface area (TPSA) is 91.1 Å². The lowest BCUT2D eigenvalue weighted by molar-refractivity contribution is -0.142. The molecule has 0 atom stereocenters. The fourth-order valence-electron chi connectivity index (χ4n) is 4.12. The first kappa shape index (κ1) is 27.4.